The van der Waals surface area contributed by atoms with Crippen LogP contribution in [0.4, 0.5) is 0 Å². The maximum absolute atomic E-state index is 11.1. The highest BCUT2D eigenvalue weighted by molar-refractivity contribution is 9.10. The van der Waals surface area contributed by atoms with E-state index in [4.69, 9.17) is 4.74 Å². The molecule has 1 atom stereocenters. The van der Waals surface area contributed by atoms with Crippen LogP contribution in [0.3, 0.4) is 0 Å². The van der Waals surface area contributed by atoms with Crippen LogP contribution in [0.2, 0.25) is 0 Å². The van der Waals surface area contributed by atoms with Crippen LogP contribution in [-0.2, 0) is 9.53 Å². The molecule has 0 aliphatic heterocycles. The summed E-state index contributed by atoms with van der Waals surface area (Å²) in [7, 11) is 1.34. The third kappa shape index (κ3) is 4.49. The Hall–Kier alpha value is -1.36. The molecule has 1 heterocycles. The van der Waals surface area contributed by atoms with Crippen LogP contribution in [0.25, 0.3) is 0 Å². The number of carbonyl (C=O) groups excluding carboxylic acids is 1. The SMILES string of the molecule is COC(=O)/C=C/C(Oc1cccnc1Br)C(C)C. The van der Waals surface area contributed by atoms with Crippen LogP contribution in [0.15, 0.2) is 35.1 Å². The summed E-state index contributed by atoms with van der Waals surface area (Å²) in [5.74, 6) is 0.471. The smallest absolute Gasteiger partial charge is 0.330 e. The number of carbonyl (C=O) groups is 1. The maximum atomic E-state index is 11.1. The van der Waals surface area contributed by atoms with Crippen molar-refractivity contribution < 1.29 is 14.3 Å². The zero-order valence-electron chi connectivity index (χ0n) is 10.6. The molecule has 98 valence electrons. The first-order valence-electron chi connectivity index (χ1n) is 5.58. The molecule has 1 rings (SSSR count). The minimum Gasteiger partial charge on any atom is -0.483 e. The molecule has 18 heavy (non-hydrogen) atoms. The highest BCUT2D eigenvalue weighted by Crippen LogP contribution is 2.24. The summed E-state index contributed by atoms with van der Waals surface area (Å²) >= 11 is 3.32. The number of halogens is 1. The summed E-state index contributed by atoms with van der Waals surface area (Å²) in [6.45, 7) is 4.02. The topological polar surface area (TPSA) is 48.4 Å². The first-order valence-corrected chi connectivity index (χ1v) is 6.37. The number of pyridine rings is 1. The Bertz CT molecular complexity index is 432. The second-order valence-corrected chi connectivity index (χ2v) is 4.75. The highest BCUT2D eigenvalue weighted by atomic mass is 79.9. The molecule has 0 saturated carbocycles. The van der Waals surface area contributed by atoms with Gasteiger partial charge in [0.2, 0.25) is 0 Å². The number of esters is 1. The number of hydrogen-bond acceptors (Lipinski definition) is 4. The van der Waals surface area contributed by atoms with Gasteiger partial charge in [-0.2, -0.15) is 0 Å². The second-order valence-electron chi connectivity index (χ2n) is 4.00. The van der Waals surface area contributed by atoms with Gasteiger partial charge >= 0.3 is 5.97 Å². The lowest BCUT2D eigenvalue weighted by Gasteiger charge is -2.19. The average molecular weight is 314 g/mol. The van der Waals surface area contributed by atoms with Crippen molar-refractivity contribution in [1.82, 2.24) is 4.98 Å². The summed E-state index contributed by atoms with van der Waals surface area (Å²) in [5.41, 5.74) is 0. The van der Waals surface area contributed by atoms with Crippen molar-refractivity contribution in [3.05, 3.63) is 35.1 Å². The number of rotatable bonds is 5. The number of ether oxygens (including phenoxy) is 2. The fraction of sp³-hybridized carbons (Fsp3) is 0.385. The van der Waals surface area contributed by atoms with E-state index in [0.717, 1.165) is 0 Å². The fourth-order valence-electron chi connectivity index (χ4n) is 1.24. The zero-order valence-corrected chi connectivity index (χ0v) is 12.2. The Balaban J connectivity index is 2.78. The van der Waals surface area contributed by atoms with Crippen molar-refractivity contribution in [2.24, 2.45) is 5.92 Å². The standard InChI is InChI=1S/C13H16BrNO3/c1-9(2)10(6-7-12(16)17-3)18-11-5-4-8-15-13(11)14/h4-10H,1-3H3/b7-6+. The van der Waals surface area contributed by atoms with Crippen molar-refractivity contribution >= 4 is 21.9 Å². The summed E-state index contributed by atoms with van der Waals surface area (Å²) in [6.07, 6.45) is 4.51. The van der Waals surface area contributed by atoms with Crippen molar-refractivity contribution in [2.75, 3.05) is 7.11 Å². The van der Waals surface area contributed by atoms with Crippen LogP contribution in [-0.4, -0.2) is 24.2 Å². The van der Waals surface area contributed by atoms with E-state index in [1.807, 2.05) is 19.9 Å². The van der Waals surface area contributed by atoms with Crippen molar-refractivity contribution in [1.29, 1.82) is 0 Å². The third-order valence-corrected chi connectivity index (χ3v) is 2.86. The first-order chi connectivity index (χ1) is 8.54. The van der Waals surface area contributed by atoms with E-state index < -0.39 is 5.97 Å². The Morgan fingerprint density at radius 3 is 2.78 bits per heavy atom. The lowest BCUT2D eigenvalue weighted by molar-refractivity contribution is -0.134. The molecule has 0 saturated heterocycles. The summed E-state index contributed by atoms with van der Waals surface area (Å²) < 4.78 is 11.0. The summed E-state index contributed by atoms with van der Waals surface area (Å²) in [5, 5.41) is 0. The number of hydrogen-bond donors (Lipinski definition) is 0. The minimum absolute atomic E-state index is 0.218. The number of methoxy groups -OCH3 is 1. The average Bonchev–Trinajstić information content (AvgIpc) is 2.35. The van der Waals surface area contributed by atoms with Crippen LogP contribution in [0.5, 0.6) is 5.75 Å². The fourth-order valence-corrected chi connectivity index (χ4v) is 1.59. The van der Waals surface area contributed by atoms with E-state index in [9.17, 15) is 4.79 Å². The zero-order chi connectivity index (χ0) is 13.5. The summed E-state index contributed by atoms with van der Waals surface area (Å²) in [6, 6.07) is 3.61. The lowest BCUT2D eigenvalue weighted by Crippen LogP contribution is -2.21. The van der Waals surface area contributed by atoms with Crippen LogP contribution < -0.4 is 4.74 Å². The molecule has 0 bridgehead atoms. The molecule has 5 heteroatoms. The molecule has 1 aromatic rings. The highest BCUT2D eigenvalue weighted by Gasteiger charge is 2.14. The van der Waals surface area contributed by atoms with Gasteiger partial charge in [-0.15, -0.1) is 0 Å². The molecular weight excluding hydrogens is 298 g/mol. The van der Waals surface area contributed by atoms with E-state index in [-0.39, 0.29) is 12.0 Å². The molecule has 0 radical (unpaired) electrons. The Labute approximate surface area is 115 Å². The molecule has 0 fully saturated rings. The van der Waals surface area contributed by atoms with Gasteiger partial charge in [-0.3, -0.25) is 0 Å². The third-order valence-electron chi connectivity index (χ3n) is 2.27. The largest absolute Gasteiger partial charge is 0.483 e. The van der Waals surface area contributed by atoms with E-state index in [0.29, 0.717) is 10.4 Å². The van der Waals surface area contributed by atoms with Crippen LogP contribution in [0.1, 0.15) is 13.8 Å². The number of nitrogens with zero attached hydrogens (tertiary/aromatic N) is 1. The quantitative estimate of drug-likeness (QED) is 0.476. The molecule has 4 nitrogen and oxygen atoms in total. The molecule has 1 unspecified atom stereocenters. The monoisotopic (exact) mass is 313 g/mol. The van der Waals surface area contributed by atoms with Gasteiger partial charge in [0.15, 0.2) is 5.75 Å². The molecule has 0 aliphatic carbocycles. The predicted octanol–water partition coefficient (Wildman–Crippen LogP) is 2.98. The van der Waals surface area contributed by atoms with E-state index in [1.54, 1.807) is 18.3 Å². The first kappa shape index (κ1) is 14.7. The normalized spacial score (nSPS) is 12.7. The molecule has 0 amide bonds. The minimum atomic E-state index is -0.394. The van der Waals surface area contributed by atoms with Gasteiger partial charge in [0, 0.05) is 12.3 Å². The van der Waals surface area contributed by atoms with Crippen molar-refractivity contribution in [3.8, 4) is 5.75 Å². The van der Waals surface area contributed by atoms with Crippen molar-refractivity contribution in [2.45, 2.75) is 20.0 Å². The number of aromatic nitrogens is 1. The second kappa shape index (κ2) is 7.16. The van der Waals surface area contributed by atoms with Gasteiger partial charge in [-0.1, -0.05) is 13.8 Å². The van der Waals surface area contributed by atoms with E-state index in [2.05, 4.69) is 25.7 Å². The summed E-state index contributed by atoms with van der Waals surface area (Å²) in [4.78, 5) is 15.2. The van der Waals surface area contributed by atoms with Crippen molar-refractivity contribution in [3.63, 3.8) is 0 Å². The van der Waals surface area contributed by atoms with Gasteiger partial charge in [-0.25, -0.2) is 9.78 Å². The van der Waals surface area contributed by atoms with Crippen LogP contribution in [0, 0.1) is 5.92 Å². The van der Waals surface area contributed by atoms with Gasteiger partial charge in [-0.05, 0) is 40.1 Å². The molecule has 0 N–H and O–H groups in total. The molecule has 0 spiro atoms. The maximum Gasteiger partial charge on any atom is 0.330 e. The molecule has 1 aromatic heterocycles. The molecule has 0 aromatic carbocycles. The lowest BCUT2D eigenvalue weighted by atomic mass is 10.1. The van der Waals surface area contributed by atoms with Gasteiger partial charge in [0.1, 0.15) is 10.7 Å². The molecule has 0 aliphatic rings. The van der Waals surface area contributed by atoms with Gasteiger partial charge in [0.25, 0.3) is 0 Å². The van der Waals surface area contributed by atoms with Crippen LogP contribution >= 0.6 is 15.9 Å². The Morgan fingerprint density at radius 2 is 2.22 bits per heavy atom. The van der Waals surface area contributed by atoms with E-state index in [1.165, 1.54) is 13.2 Å². The van der Waals surface area contributed by atoms with E-state index >= 15 is 0 Å². The molecular formula is C13H16BrNO3. The predicted molar refractivity (Wildman–Crippen MR) is 72.3 cm³/mol. The Kier molecular flexibility index (Phi) is 5.85. The Morgan fingerprint density at radius 1 is 1.50 bits per heavy atom. The van der Waals surface area contributed by atoms with Gasteiger partial charge in [0.05, 0.1) is 7.11 Å². The van der Waals surface area contributed by atoms with Gasteiger partial charge < -0.3 is 9.47 Å².